The normalized spacial score (nSPS) is 17.6. The molecule has 0 aromatic carbocycles. The van der Waals surface area contributed by atoms with Gasteiger partial charge in [-0.25, -0.2) is 4.98 Å². The van der Waals surface area contributed by atoms with E-state index < -0.39 is 11.9 Å². The van der Waals surface area contributed by atoms with E-state index >= 15 is 0 Å². The number of pyridine rings is 1. The maximum absolute atomic E-state index is 12.5. The summed E-state index contributed by atoms with van der Waals surface area (Å²) in [6.45, 7) is 2.75. The molecular weight excluding hydrogens is 243 g/mol. The number of nitrogen functional groups attached to an aromatic ring is 1. The quantitative estimate of drug-likeness (QED) is 0.872. The van der Waals surface area contributed by atoms with Crippen LogP contribution in [-0.4, -0.2) is 11.5 Å². The first-order valence-corrected chi connectivity index (χ1v) is 5.93. The second-order valence-corrected chi connectivity index (χ2v) is 4.86. The van der Waals surface area contributed by atoms with Crippen molar-refractivity contribution >= 4 is 11.4 Å². The lowest BCUT2D eigenvalue weighted by Gasteiger charge is -2.16. The van der Waals surface area contributed by atoms with Crippen LogP contribution < -0.4 is 11.1 Å². The van der Waals surface area contributed by atoms with Crippen molar-refractivity contribution in [3.8, 4) is 0 Å². The number of halogens is 3. The maximum atomic E-state index is 12.5. The molecule has 100 valence electrons. The van der Waals surface area contributed by atoms with Gasteiger partial charge < -0.3 is 11.1 Å². The van der Waals surface area contributed by atoms with Crippen LogP contribution in [0.2, 0.25) is 0 Å². The first-order chi connectivity index (χ1) is 8.36. The Morgan fingerprint density at radius 1 is 1.44 bits per heavy atom. The van der Waals surface area contributed by atoms with E-state index in [1.165, 1.54) is 0 Å². The van der Waals surface area contributed by atoms with Crippen LogP contribution >= 0.6 is 0 Å². The van der Waals surface area contributed by atoms with Crippen molar-refractivity contribution in [1.82, 2.24) is 4.98 Å². The highest BCUT2D eigenvalue weighted by molar-refractivity contribution is 5.65. The Labute approximate surface area is 104 Å². The lowest BCUT2D eigenvalue weighted by atomic mass is 10.0. The van der Waals surface area contributed by atoms with Crippen molar-refractivity contribution in [2.24, 2.45) is 5.41 Å². The summed E-state index contributed by atoms with van der Waals surface area (Å²) in [5, 5.41) is 3.01. The maximum Gasteiger partial charge on any atom is 0.433 e. The number of hydrogen-bond acceptors (Lipinski definition) is 3. The number of nitrogens with zero attached hydrogens (tertiary/aromatic N) is 1. The lowest BCUT2D eigenvalue weighted by Crippen LogP contribution is -2.16. The molecule has 3 nitrogen and oxygen atoms in total. The molecule has 0 amide bonds. The Hall–Kier alpha value is -1.46. The highest BCUT2D eigenvalue weighted by Crippen LogP contribution is 2.48. The largest absolute Gasteiger partial charge is 0.433 e. The molecule has 1 aromatic heterocycles. The molecule has 1 aliphatic carbocycles. The van der Waals surface area contributed by atoms with Gasteiger partial charge in [-0.1, -0.05) is 6.92 Å². The fourth-order valence-corrected chi connectivity index (χ4v) is 1.89. The molecule has 1 aliphatic rings. The van der Waals surface area contributed by atoms with Gasteiger partial charge in [0.25, 0.3) is 0 Å². The summed E-state index contributed by atoms with van der Waals surface area (Å²) in [5.41, 5.74) is 5.52. The van der Waals surface area contributed by atoms with Gasteiger partial charge in [0.1, 0.15) is 5.69 Å². The molecule has 0 atom stereocenters. The summed E-state index contributed by atoms with van der Waals surface area (Å²) in [5.74, 6) is 0. The second-order valence-electron chi connectivity index (χ2n) is 4.86. The molecule has 3 N–H and O–H groups in total. The summed E-state index contributed by atoms with van der Waals surface area (Å²) in [7, 11) is 0. The van der Waals surface area contributed by atoms with Gasteiger partial charge >= 0.3 is 6.18 Å². The minimum atomic E-state index is -4.44. The highest BCUT2D eigenvalue weighted by Gasteiger charge is 2.40. The Balaban J connectivity index is 2.12. The van der Waals surface area contributed by atoms with Crippen molar-refractivity contribution < 1.29 is 13.2 Å². The summed E-state index contributed by atoms with van der Waals surface area (Å²) >= 11 is 0. The van der Waals surface area contributed by atoms with Crippen LogP contribution in [0.5, 0.6) is 0 Å². The topological polar surface area (TPSA) is 50.9 Å². The number of nitrogens with two attached hydrogens (primary N) is 1. The van der Waals surface area contributed by atoms with Crippen molar-refractivity contribution in [3.05, 3.63) is 18.0 Å². The third kappa shape index (κ3) is 2.68. The summed E-state index contributed by atoms with van der Waals surface area (Å²) in [6.07, 6.45) is -0.124. The van der Waals surface area contributed by atoms with Gasteiger partial charge in [-0.15, -0.1) is 0 Å². The summed E-state index contributed by atoms with van der Waals surface area (Å²) in [6, 6.07) is 0.973. The predicted molar refractivity (Wildman–Crippen MR) is 64.1 cm³/mol. The van der Waals surface area contributed by atoms with E-state index in [-0.39, 0.29) is 11.1 Å². The molecule has 6 heteroatoms. The fraction of sp³-hybridized carbons (Fsp3) is 0.583. The number of aromatic nitrogens is 1. The standard InChI is InChI=1S/C12H16F3N3/c1-2-11(3-4-11)7-18-9-5-10(12(13,14)15)17-6-8(9)16/h5-6H,2-4,7,16H2,1H3,(H,17,18). The molecule has 1 fully saturated rings. The molecule has 0 unspecified atom stereocenters. The Bertz CT molecular complexity index is 439. The molecule has 2 rings (SSSR count). The summed E-state index contributed by atoms with van der Waals surface area (Å²) in [4.78, 5) is 3.30. The summed E-state index contributed by atoms with van der Waals surface area (Å²) < 4.78 is 37.6. The zero-order valence-corrected chi connectivity index (χ0v) is 10.1. The van der Waals surface area contributed by atoms with Crippen LogP contribution in [-0.2, 0) is 6.18 Å². The molecule has 1 heterocycles. The Morgan fingerprint density at radius 3 is 2.61 bits per heavy atom. The average molecular weight is 259 g/mol. The molecule has 0 spiro atoms. The molecule has 0 radical (unpaired) electrons. The zero-order chi connectivity index (χ0) is 13.4. The van der Waals surface area contributed by atoms with Crippen molar-refractivity contribution in [3.63, 3.8) is 0 Å². The van der Waals surface area contributed by atoms with Crippen LogP contribution in [0.25, 0.3) is 0 Å². The SMILES string of the molecule is CCC1(CNc2cc(C(F)(F)F)ncc2N)CC1. The van der Waals surface area contributed by atoms with Crippen LogP contribution in [0, 0.1) is 5.41 Å². The first-order valence-electron chi connectivity index (χ1n) is 5.93. The molecule has 1 aromatic rings. The van der Waals surface area contributed by atoms with E-state index in [4.69, 9.17) is 5.73 Å². The third-order valence-corrected chi connectivity index (χ3v) is 3.59. The molecule has 0 bridgehead atoms. The van der Waals surface area contributed by atoms with E-state index in [2.05, 4.69) is 17.2 Å². The number of hydrogen-bond donors (Lipinski definition) is 2. The van der Waals surface area contributed by atoms with Crippen LogP contribution in [0.4, 0.5) is 24.5 Å². The van der Waals surface area contributed by atoms with Gasteiger partial charge in [0.15, 0.2) is 0 Å². The third-order valence-electron chi connectivity index (χ3n) is 3.59. The predicted octanol–water partition coefficient (Wildman–Crippen LogP) is 3.28. The van der Waals surface area contributed by atoms with Gasteiger partial charge in [0.2, 0.25) is 0 Å². The van der Waals surface area contributed by atoms with Crippen molar-refractivity contribution in [2.45, 2.75) is 32.4 Å². The second kappa shape index (κ2) is 4.33. The molecule has 18 heavy (non-hydrogen) atoms. The lowest BCUT2D eigenvalue weighted by molar-refractivity contribution is -0.141. The van der Waals surface area contributed by atoms with Gasteiger partial charge in [0, 0.05) is 6.54 Å². The van der Waals surface area contributed by atoms with E-state index in [0.717, 1.165) is 31.5 Å². The molecular formula is C12H16F3N3. The Kier molecular flexibility index (Phi) is 3.12. The average Bonchev–Trinajstić information content (AvgIpc) is 3.07. The van der Waals surface area contributed by atoms with E-state index in [1.807, 2.05) is 0 Å². The van der Waals surface area contributed by atoms with Crippen LogP contribution in [0.1, 0.15) is 31.9 Å². The van der Waals surface area contributed by atoms with E-state index in [9.17, 15) is 13.2 Å². The van der Waals surface area contributed by atoms with Gasteiger partial charge in [-0.3, -0.25) is 0 Å². The number of anilines is 2. The van der Waals surface area contributed by atoms with Crippen LogP contribution in [0.3, 0.4) is 0 Å². The van der Waals surface area contributed by atoms with E-state index in [0.29, 0.717) is 12.2 Å². The van der Waals surface area contributed by atoms with Crippen molar-refractivity contribution in [2.75, 3.05) is 17.6 Å². The highest BCUT2D eigenvalue weighted by atomic mass is 19.4. The zero-order valence-electron chi connectivity index (χ0n) is 10.1. The van der Waals surface area contributed by atoms with E-state index in [1.54, 1.807) is 0 Å². The molecule has 1 saturated carbocycles. The monoisotopic (exact) mass is 259 g/mol. The van der Waals surface area contributed by atoms with Crippen LogP contribution in [0.15, 0.2) is 12.3 Å². The molecule has 0 saturated heterocycles. The smallest absolute Gasteiger partial charge is 0.396 e. The van der Waals surface area contributed by atoms with Gasteiger partial charge in [0.05, 0.1) is 17.6 Å². The Morgan fingerprint density at radius 2 is 2.11 bits per heavy atom. The minimum absolute atomic E-state index is 0.244. The fourth-order valence-electron chi connectivity index (χ4n) is 1.89. The number of nitrogens with one attached hydrogen (secondary N) is 1. The first kappa shape index (κ1) is 13.0. The van der Waals surface area contributed by atoms with Gasteiger partial charge in [-0.2, -0.15) is 13.2 Å². The number of rotatable bonds is 4. The number of alkyl halides is 3. The van der Waals surface area contributed by atoms with Gasteiger partial charge in [-0.05, 0) is 30.7 Å². The minimum Gasteiger partial charge on any atom is -0.396 e. The van der Waals surface area contributed by atoms with Crippen molar-refractivity contribution in [1.29, 1.82) is 0 Å². The molecule has 0 aliphatic heterocycles.